The van der Waals surface area contributed by atoms with Gasteiger partial charge in [0.25, 0.3) is 0 Å². The Bertz CT molecular complexity index is 591. The van der Waals surface area contributed by atoms with Crippen molar-refractivity contribution in [2.75, 3.05) is 0 Å². The Labute approximate surface area is 132 Å². The lowest BCUT2D eigenvalue weighted by Gasteiger charge is -2.10. The third kappa shape index (κ3) is 5.03. The van der Waals surface area contributed by atoms with Crippen LogP contribution in [-0.4, -0.2) is 25.7 Å². The fourth-order valence-electron chi connectivity index (χ4n) is 2.04. The molecule has 0 atom stereocenters. The largest absolute Gasteiger partial charge is 0.408 e. The summed E-state index contributed by atoms with van der Waals surface area (Å²) in [6, 6.07) is 1.58. The van der Waals surface area contributed by atoms with E-state index in [-0.39, 0.29) is 12.4 Å². The number of nitrogens with one attached hydrogen (secondary N) is 1. The van der Waals surface area contributed by atoms with Crippen molar-refractivity contribution in [1.29, 1.82) is 0 Å². The van der Waals surface area contributed by atoms with Crippen LogP contribution in [0, 0.1) is 6.92 Å². The van der Waals surface area contributed by atoms with E-state index >= 15 is 0 Å². The van der Waals surface area contributed by atoms with E-state index in [0.29, 0.717) is 18.8 Å². The Kier molecular flexibility index (Phi) is 6.43. The molecule has 0 saturated carbocycles. The van der Waals surface area contributed by atoms with Gasteiger partial charge in [-0.05, 0) is 19.9 Å². The van der Waals surface area contributed by atoms with Crippen LogP contribution in [0.2, 0.25) is 0 Å². The predicted molar refractivity (Wildman–Crippen MR) is 78.7 cm³/mol. The average Bonchev–Trinajstić information content (AvgIpc) is 2.95. The number of alkyl halides is 3. The first-order chi connectivity index (χ1) is 9.89. The number of hydrogen-bond donors (Lipinski definition) is 1. The van der Waals surface area contributed by atoms with Crippen molar-refractivity contribution in [3.8, 4) is 0 Å². The minimum Gasteiger partial charge on any atom is -0.307 e. The molecule has 9 heteroatoms. The van der Waals surface area contributed by atoms with Gasteiger partial charge < -0.3 is 5.32 Å². The monoisotopic (exact) mass is 337 g/mol. The topological polar surface area (TPSA) is 47.7 Å². The highest BCUT2D eigenvalue weighted by molar-refractivity contribution is 5.85. The van der Waals surface area contributed by atoms with Crippen molar-refractivity contribution in [3.05, 3.63) is 35.4 Å². The van der Waals surface area contributed by atoms with Crippen molar-refractivity contribution in [3.63, 3.8) is 0 Å². The molecule has 2 heterocycles. The highest BCUT2D eigenvalue weighted by Gasteiger charge is 2.29. The second kappa shape index (κ2) is 7.64. The normalized spacial score (nSPS) is 11.5. The van der Waals surface area contributed by atoms with Crippen LogP contribution in [0.4, 0.5) is 13.2 Å². The molecule has 0 aliphatic heterocycles. The summed E-state index contributed by atoms with van der Waals surface area (Å²) >= 11 is 0. The minimum atomic E-state index is -4.26. The molecule has 0 spiro atoms. The summed E-state index contributed by atoms with van der Waals surface area (Å²) in [5.74, 6) is 0. The van der Waals surface area contributed by atoms with Crippen molar-refractivity contribution in [2.45, 2.75) is 46.2 Å². The highest BCUT2D eigenvalue weighted by Crippen LogP contribution is 2.18. The second-order valence-corrected chi connectivity index (χ2v) is 4.79. The van der Waals surface area contributed by atoms with Crippen LogP contribution >= 0.6 is 12.4 Å². The molecule has 22 heavy (non-hydrogen) atoms. The summed E-state index contributed by atoms with van der Waals surface area (Å²) in [5.41, 5.74) is 2.47. The van der Waals surface area contributed by atoms with Crippen LogP contribution < -0.4 is 5.32 Å². The molecule has 0 bridgehead atoms. The molecular formula is C13H19ClF3N5. The molecule has 0 radical (unpaired) electrons. The van der Waals surface area contributed by atoms with Gasteiger partial charge >= 0.3 is 6.18 Å². The fourth-order valence-corrected chi connectivity index (χ4v) is 2.04. The molecule has 2 aromatic heterocycles. The number of aromatic nitrogens is 4. The molecule has 0 aromatic carbocycles. The molecule has 0 aliphatic rings. The molecule has 124 valence electrons. The van der Waals surface area contributed by atoms with Gasteiger partial charge in [-0.2, -0.15) is 23.4 Å². The molecule has 2 aromatic rings. The van der Waals surface area contributed by atoms with E-state index in [4.69, 9.17) is 0 Å². The lowest BCUT2D eigenvalue weighted by Crippen LogP contribution is -2.23. The maximum atomic E-state index is 12.4. The molecule has 0 fully saturated rings. The van der Waals surface area contributed by atoms with E-state index in [0.717, 1.165) is 22.5 Å². The van der Waals surface area contributed by atoms with Gasteiger partial charge in [0.2, 0.25) is 0 Å². The molecular weight excluding hydrogens is 319 g/mol. The number of halogens is 4. The van der Waals surface area contributed by atoms with E-state index in [1.807, 2.05) is 24.7 Å². The second-order valence-electron chi connectivity index (χ2n) is 4.79. The van der Waals surface area contributed by atoms with E-state index in [2.05, 4.69) is 15.5 Å². The van der Waals surface area contributed by atoms with Crippen LogP contribution in [0.25, 0.3) is 0 Å². The van der Waals surface area contributed by atoms with Gasteiger partial charge in [0.05, 0.1) is 11.4 Å². The first-order valence-electron chi connectivity index (χ1n) is 6.70. The van der Waals surface area contributed by atoms with Gasteiger partial charge in [-0.1, -0.05) is 0 Å². The zero-order valence-electron chi connectivity index (χ0n) is 12.4. The third-order valence-electron chi connectivity index (χ3n) is 3.13. The van der Waals surface area contributed by atoms with Gasteiger partial charge in [0.15, 0.2) is 0 Å². The molecule has 5 nitrogen and oxygen atoms in total. The minimum absolute atomic E-state index is 0. The lowest BCUT2D eigenvalue weighted by atomic mass is 10.2. The summed E-state index contributed by atoms with van der Waals surface area (Å²) in [6.07, 6.45) is -0.946. The average molecular weight is 338 g/mol. The van der Waals surface area contributed by atoms with Crippen LogP contribution in [0.5, 0.6) is 0 Å². The number of aryl methyl sites for hydroxylation is 2. The molecule has 0 aliphatic carbocycles. The van der Waals surface area contributed by atoms with Crippen LogP contribution in [-0.2, 0) is 26.2 Å². The SMILES string of the molecule is CCn1cc(CNCc2ccnn2CC(F)(F)F)c(C)n1.Cl. The Balaban J connectivity index is 0.00000242. The predicted octanol–water partition coefficient (Wildman–Crippen LogP) is 2.68. The van der Waals surface area contributed by atoms with Crippen molar-refractivity contribution in [1.82, 2.24) is 24.9 Å². The zero-order chi connectivity index (χ0) is 15.5. The standard InChI is InChI=1S/C13H18F3N5.ClH/c1-3-20-8-11(10(2)19-20)6-17-7-12-4-5-18-21(12)9-13(14,15)16;/h4-5,8,17H,3,6-7,9H2,1-2H3;1H. The number of hydrogen-bond acceptors (Lipinski definition) is 3. The molecule has 0 unspecified atom stereocenters. The Morgan fingerprint density at radius 1 is 1.27 bits per heavy atom. The van der Waals surface area contributed by atoms with E-state index < -0.39 is 12.7 Å². The quantitative estimate of drug-likeness (QED) is 0.881. The van der Waals surface area contributed by atoms with Crippen molar-refractivity contribution >= 4 is 12.4 Å². The number of rotatable bonds is 6. The van der Waals surface area contributed by atoms with E-state index in [1.54, 1.807) is 6.07 Å². The van der Waals surface area contributed by atoms with Gasteiger partial charge in [-0.15, -0.1) is 12.4 Å². The van der Waals surface area contributed by atoms with Crippen LogP contribution in [0.15, 0.2) is 18.5 Å². The fraction of sp³-hybridized carbons (Fsp3) is 0.538. The summed E-state index contributed by atoms with van der Waals surface area (Å²) in [6.45, 7) is 4.52. The first kappa shape index (κ1) is 18.5. The van der Waals surface area contributed by atoms with E-state index in [1.165, 1.54) is 6.20 Å². The van der Waals surface area contributed by atoms with Crippen LogP contribution in [0.1, 0.15) is 23.9 Å². The maximum absolute atomic E-state index is 12.4. The molecule has 1 N–H and O–H groups in total. The smallest absolute Gasteiger partial charge is 0.307 e. The van der Waals surface area contributed by atoms with E-state index in [9.17, 15) is 13.2 Å². The maximum Gasteiger partial charge on any atom is 0.408 e. The van der Waals surface area contributed by atoms with Gasteiger partial charge in [0, 0.05) is 37.6 Å². The number of nitrogens with zero attached hydrogens (tertiary/aromatic N) is 4. The summed E-state index contributed by atoms with van der Waals surface area (Å²) in [5, 5.41) is 11.2. The van der Waals surface area contributed by atoms with Gasteiger partial charge in [-0.3, -0.25) is 9.36 Å². The first-order valence-corrected chi connectivity index (χ1v) is 6.70. The third-order valence-corrected chi connectivity index (χ3v) is 3.13. The molecule has 0 amide bonds. The Morgan fingerprint density at radius 2 is 2.00 bits per heavy atom. The van der Waals surface area contributed by atoms with Gasteiger partial charge in [-0.25, -0.2) is 0 Å². The van der Waals surface area contributed by atoms with Crippen LogP contribution in [0.3, 0.4) is 0 Å². The van der Waals surface area contributed by atoms with Crippen molar-refractivity contribution < 1.29 is 13.2 Å². The summed E-state index contributed by atoms with van der Waals surface area (Å²) in [4.78, 5) is 0. The zero-order valence-corrected chi connectivity index (χ0v) is 13.2. The summed E-state index contributed by atoms with van der Waals surface area (Å²) < 4.78 is 40.0. The summed E-state index contributed by atoms with van der Waals surface area (Å²) in [7, 11) is 0. The molecule has 2 rings (SSSR count). The highest BCUT2D eigenvalue weighted by atomic mass is 35.5. The Morgan fingerprint density at radius 3 is 2.59 bits per heavy atom. The van der Waals surface area contributed by atoms with Crippen molar-refractivity contribution in [2.24, 2.45) is 0 Å². The molecule has 0 saturated heterocycles. The van der Waals surface area contributed by atoms with Gasteiger partial charge in [0.1, 0.15) is 6.54 Å². The Hall–Kier alpha value is -1.54. The lowest BCUT2D eigenvalue weighted by molar-refractivity contribution is -0.143.